The van der Waals surface area contributed by atoms with Crippen molar-refractivity contribution in [3.8, 4) is 0 Å². The third-order valence-electron chi connectivity index (χ3n) is 2.31. The van der Waals surface area contributed by atoms with Gasteiger partial charge in [0.2, 0.25) is 5.91 Å². The van der Waals surface area contributed by atoms with Crippen LogP contribution in [0.25, 0.3) is 0 Å². The van der Waals surface area contributed by atoms with E-state index in [1.165, 1.54) is 0 Å². The Morgan fingerprint density at radius 3 is 2.24 bits per heavy atom. The minimum Gasteiger partial charge on any atom is -0.481 e. The number of carboxylic acid groups (broad SMARTS) is 1. The smallest absolute Gasteiger partial charge is 0.303 e. The molecule has 5 heteroatoms. The molecule has 0 fully saturated rings. The van der Waals surface area contributed by atoms with Gasteiger partial charge >= 0.3 is 5.97 Å². The fourth-order valence-electron chi connectivity index (χ4n) is 1.30. The summed E-state index contributed by atoms with van der Waals surface area (Å²) in [5.74, 6) is -1.22. The SMILES string of the molecule is NCc1ccc(CNC(=O)CCC(=O)O)cc1. The quantitative estimate of drug-likeness (QED) is 0.675. The van der Waals surface area contributed by atoms with E-state index >= 15 is 0 Å². The largest absolute Gasteiger partial charge is 0.481 e. The molecule has 0 radical (unpaired) electrons. The van der Waals surface area contributed by atoms with Crippen molar-refractivity contribution in [2.45, 2.75) is 25.9 Å². The van der Waals surface area contributed by atoms with E-state index in [1.54, 1.807) is 0 Å². The van der Waals surface area contributed by atoms with E-state index in [4.69, 9.17) is 10.8 Å². The number of rotatable bonds is 6. The van der Waals surface area contributed by atoms with E-state index in [0.717, 1.165) is 11.1 Å². The number of nitrogens with two attached hydrogens (primary N) is 1. The van der Waals surface area contributed by atoms with Crippen molar-refractivity contribution in [1.29, 1.82) is 0 Å². The highest BCUT2D eigenvalue weighted by Gasteiger charge is 2.04. The number of carbonyl (C=O) groups is 2. The van der Waals surface area contributed by atoms with Crippen LogP contribution in [0.1, 0.15) is 24.0 Å². The summed E-state index contributed by atoms with van der Waals surface area (Å²) in [7, 11) is 0. The van der Waals surface area contributed by atoms with Crippen LogP contribution in [0.15, 0.2) is 24.3 Å². The summed E-state index contributed by atoms with van der Waals surface area (Å²) in [6.07, 6.45) is -0.131. The van der Waals surface area contributed by atoms with Crippen molar-refractivity contribution in [3.63, 3.8) is 0 Å². The van der Waals surface area contributed by atoms with Crippen molar-refractivity contribution in [2.75, 3.05) is 0 Å². The van der Waals surface area contributed by atoms with Gasteiger partial charge in [-0.25, -0.2) is 0 Å². The average Bonchev–Trinajstić information content (AvgIpc) is 2.34. The van der Waals surface area contributed by atoms with Crippen LogP contribution in [0, 0.1) is 0 Å². The second-order valence-electron chi connectivity index (χ2n) is 3.69. The van der Waals surface area contributed by atoms with Crippen molar-refractivity contribution in [1.82, 2.24) is 5.32 Å². The maximum Gasteiger partial charge on any atom is 0.303 e. The molecule has 0 aliphatic carbocycles. The van der Waals surface area contributed by atoms with E-state index < -0.39 is 5.97 Å². The highest BCUT2D eigenvalue weighted by atomic mass is 16.4. The van der Waals surface area contributed by atoms with Gasteiger partial charge in [-0.3, -0.25) is 9.59 Å². The molecule has 17 heavy (non-hydrogen) atoms. The molecule has 1 aromatic rings. The molecule has 1 rings (SSSR count). The number of carbonyl (C=O) groups excluding carboxylic acids is 1. The lowest BCUT2D eigenvalue weighted by Crippen LogP contribution is -2.23. The normalized spacial score (nSPS) is 9.94. The van der Waals surface area contributed by atoms with Gasteiger partial charge in [-0.15, -0.1) is 0 Å². The predicted octanol–water partition coefficient (Wildman–Crippen LogP) is 0.626. The molecular formula is C12H16N2O3. The number of carboxylic acids is 1. The van der Waals surface area contributed by atoms with Gasteiger partial charge in [-0.2, -0.15) is 0 Å². The Hall–Kier alpha value is -1.88. The van der Waals surface area contributed by atoms with Crippen molar-refractivity contribution >= 4 is 11.9 Å². The number of amides is 1. The monoisotopic (exact) mass is 236 g/mol. The van der Waals surface area contributed by atoms with E-state index in [-0.39, 0.29) is 18.7 Å². The minimum absolute atomic E-state index is 0.0101. The molecule has 0 atom stereocenters. The third kappa shape index (κ3) is 5.12. The van der Waals surface area contributed by atoms with Crippen LogP contribution in [0.5, 0.6) is 0 Å². The second-order valence-corrected chi connectivity index (χ2v) is 3.69. The molecule has 0 heterocycles. The van der Waals surface area contributed by atoms with Gasteiger partial charge in [0.1, 0.15) is 0 Å². The van der Waals surface area contributed by atoms with Gasteiger partial charge in [0.15, 0.2) is 0 Å². The number of aliphatic carboxylic acids is 1. The van der Waals surface area contributed by atoms with Gasteiger partial charge in [-0.1, -0.05) is 24.3 Å². The summed E-state index contributed by atoms with van der Waals surface area (Å²) >= 11 is 0. The Balaban J connectivity index is 2.34. The van der Waals surface area contributed by atoms with E-state index in [2.05, 4.69) is 5.32 Å². The zero-order valence-corrected chi connectivity index (χ0v) is 9.48. The molecule has 5 nitrogen and oxygen atoms in total. The highest BCUT2D eigenvalue weighted by molar-refractivity contribution is 5.80. The zero-order chi connectivity index (χ0) is 12.7. The van der Waals surface area contributed by atoms with Crippen molar-refractivity contribution in [3.05, 3.63) is 35.4 Å². The molecule has 0 aliphatic rings. The van der Waals surface area contributed by atoms with E-state index in [0.29, 0.717) is 13.1 Å². The van der Waals surface area contributed by atoms with Gasteiger partial charge in [0, 0.05) is 19.5 Å². The van der Waals surface area contributed by atoms with Crippen LogP contribution in [-0.4, -0.2) is 17.0 Å². The van der Waals surface area contributed by atoms with Crippen LogP contribution in [-0.2, 0) is 22.7 Å². The fourth-order valence-corrected chi connectivity index (χ4v) is 1.30. The first-order valence-electron chi connectivity index (χ1n) is 5.38. The maximum atomic E-state index is 11.2. The summed E-state index contributed by atoms with van der Waals surface area (Å²) < 4.78 is 0. The number of nitrogens with one attached hydrogen (secondary N) is 1. The second kappa shape index (κ2) is 6.65. The summed E-state index contributed by atoms with van der Waals surface area (Å²) in [6.45, 7) is 0.897. The standard InChI is InChI=1S/C12H16N2O3/c13-7-9-1-3-10(4-2-9)8-14-11(15)5-6-12(16)17/h1-4H,5-8,13H2,(H,14,15)(H,16,17). The Bertz CT molecular complexity index is 387. The predicted molar refractivity (Wildman–Crippen MR) is 63.0 cm³/mol. The van der Waals surface area contributed by atoms with Crippen molar-refractivity contribution in [2.24, 2.45) is 5.73 Å². The maximum absolute atomic E-state index is 11.2. The molecule has 0 aromatic heterocycles. The summed E-state index contributed by atoms with van der Waals surface area (Å²) in [4.78, 5) is 21.5. The third-order valence-corrected chi connectivity index (χ3v) is 2.31. The Morgan fingerprint density at radius 1 is 1.12 bits per heavy atom. The summed E-state index contributed by atoms with van der Waals surface area (Å²) in [5.41, 5.74) is 7.46. The molecule has 0 saturated carbocycles. The molecule has 1 amide bonds. The lowest BCUT2D eigenvalue weighted by molar-refractivity contribution is -0.138. The summed E-state index contributed by atoms with van der Waals surface area (Å²) in [5, 5.41) is 11.1. The van der Waals surface area contributed by atoms with E-state index in [9.17, 15) is 9.59 Å². The minimum atomic E-state index is -0.965. The highest BCUT2D eigenvalue weighted by Crippen LogP contribution is 2.03. The molecule has 0 spiro atoms. The van der Waals surface area contributed by atoms with Gasteiger partial charge < -0.3 is 16.2 Å². The molecule has 0 aliphatic heterocycles. The lowest BCUT2D eigenvalue weighted by atomic mass is 10.1. The molecule has 1 aromatic carbocycles. The number of hydrogen-bond donors (Lipinski definition) is 3. The zero-order valence-electron chi connectivity index (χ0n) is 9.48. The molecule has 4 N–H and O–H groups in total. The molecule has 0 saturated heterocycles. The molecular weight excluding hydrogens is 220 g/mol. The fraction of sp³-hybridized carbons (Fsp3) is 0.333. The van der Waals surface area contributed by atoms with Gasteiger partial charge in [0.25, 0.3) is 0 Å². The first-order chi connectivity index (χ1) is 8.11. The molecule has 0 unspecified atom stereocenters. The Labute approximate surface area is 99.6 Å². The Kier molecular flexibility index (Phi) is 5.16. The number of hydrogen-bond acceptors (Lipinski definition) is 3. The van der Waals surface area contributed by atoms with Crippen LogP contribution >= 0.6 is 0 Å². The van der Waals surface area contributed by atoms with Crippen LogP contribution in [0.2, 0.25) is 0 Å². The first-order valence-corrected chi connectivity index (χ1v) is 5.38. The molecule has 92 valence electrons. The van der Waals surface area contributed by atoms with Gasteiger partial charge in [0.05, 0.1) is 6.42 Å². The topological polar surface area (TPSA) is 92.4 Å². The van der Waals surface area contributed by atoms with Crippen molar-refractivity contribution < 1.29 is 14.7 Å². The lowest BCUT2D eigenvalue weighted by Gasteiger charge is -2.05. The first kappa shape index (κ1) is 13.2. The number of benzene rings is 1. The van der Waals surface area contributed by atoms with Crippen LogP contribution in [0.3, 0.4) is 0 Å². The van der Waals surface area contributed by atoms with E-state index in [1.807, 2.05) is 24.3 Å². The summed E-state index contributed by atoms with van der Waals surface area (Å²) in [6, 6.07) is 7.58. The van der Waals surface area contributed by atoms with Crippen LogP contribution in [0.4, 0.5) is 0 Å². The Morgan fingerprint density at radius 2 is 1.71 bits per heavy atom. The molecule has 0 bridgehead atoms. The van der Waals surface area contributed by atoms with Crippen LogP contribution < -0.4 is 11.1 Å². The average molecular weight is 236 g/mol. The van der Waals surface area contributed by atoms with Gasteiger partial charge in [-0.05, 0) is 11.1 Å².